The Morgan fingerprint density at radius 3 is 2.59 bits per heavy atom. The third kappa shape index (κ3) is 5.96. The van der Waals surface area contributed by atoms with Crippen molar-refractivity contribution in [2.75, 3.05) is 13.2 Å². The SMILES string of the molecule is Cc1csc(=O)n1CC(=O)NCCc1ccc(OCC(=O)NC2CC2)cc1. The van der Waals surface area contributed by atoms with Crippen molar-refractivity contribution in [2.45, 2.75) is 38.8 Å². The molecule has 1 heterocycles. The highest BCUT2D eigenvalue weighted by molar-refractivity contribution is 7.07. The number of carbonyl (C=O) groups excluding carboxylic acids is 2. The number of nitrogens with one attached hydrogen (secondary N) is 2. The number of aromatic nitrogens is 1. The highest BCUT2D eigenvalue weighted by atomic mass is 32.1. The smallest absolute Gasteiger partial charge is 0.307 e. The van der Waals surface area contributed by atoms with E-state index in [1.165, 1.54) is 4.57 Å². The lowest BCUT2D eigenvalue weighted by atomic mass is 10.1. The largest absolute Gasteiger partial charge is 0.484 e. The van der Waals surface area contributed by atoms with Crippen molar-refractivity contribution in [1.82, 2.24) is 15.2 Å². The van der Waals surface area contributed by atoms with Gasteiger partial charge in [0, 0.05) is 23.7 Å². The summed E-state index contributed by atoms with van der Waals surface area (Å²) in [5.74, 6) is 0.366. The van der Waals surface area contributed by atoms with Crippen LogP contribution in [0.15, 0.2) is 34.4 Å². The van der Waals surface area contributed by atoms with E-state index < -0.39 is 0 Å². The Balaban J connectivity index is 1.37. The fourth-order valence-corrected chi connectivity index (χ4v) is 3.27. The molecule has 8 heteroatoms. The number of hydrogen-bond acceptors (Lipinski definition) is 5. The molecule has 2 N–H and O–H groups in total. The predicted octanol–water partition coefficient (Wildman–Crippen LogP) is 1.23. The summed E-state index contributed by atoms with van der Waals surface area (Å²) in [5.41, 5.74) is 1.84. The molecular weight excluding hydrogens is 366 g/mol. The summed E-state index contributed by atoms with van der Waals surface area (Å²) < 4.78 is 6.93. The van der Waals surface area contributed by atoms with Crippen LogP contribution >= 0.6 is 11.3 Å². The van der Waals surface area contributed by atoms with E-state index in [4.69, 9.17) is 4.74 Å². The first-order valence-corrected chi connectivity index (χ1v) is 9.82. The van der Waals surface area contributed by atoms with E-state index in [9.17, 15) is 14.4 Å². The van der Waals surface area contributed by atoms with E-state index in [1.54, 1.807) is 5.38 Å². The fraction of sp³-hybridized carbons (Fsp3) is 0.421. The summed E-state index contributed by atoms with van der Waals surface area (Å²) >= 11 is 1.10. The predicted molar refractivity (Wildman–Crippen MR) is 103 cm³/mol. The molecule has 0 saturated heterocycles. The normalized spacial score (nSPS) is 13.2. The highest BCUT2D eigenvalue weighted by Gasteiger charge is 2.23. The standard InChI is InChI=1S/C19H23N3O4S/c1-13-12-27-19(25)22(13)10-17(23)20-9-8-14-2-6-16(7-3-14)26-11-18(24)21-15-4-5-15/h2-3,6-7,12,15H,4-5,8-11H2,1H3,(H,20,23)(H,21,24). The summed E-state index contributed by atoms with van der Waals surface area (Å²) in [4.78, 5) is 35.1. The molecule has 1 fully saturated rings. The first-order valence-electron chi connectivity index (χ1n) is 8.94. The van der Waals surface area contributed by atoms with Gasteiger partial charge in [-0.25, -0.2) is 0 Å². The molecule has 1 aliphatic carbocycles. The number of hydrogen-bond donors (Lipinski definition) is 2. The van der Waals surface area contributed by atoms with Crippen LogP contribution in [-0.4, -0.2) is 35.6 Å². The number of amides is 2. The molecule has 0 bridgehead atoms. The van der Waals surface area contributed by atoms with Gasteiger partial charge in [-0.15, -0.1) is 0 Å². The molecule has 1 aliphatic rings. The van der Waals surface area contributed by atoms with Crippen LogP contribution in [0.2, 0.25) is 0 Å². The van der Waals surface area contributed by atoms with Gasteiger partial charge < -0.3 is 15.4 Å². The molecule has 144 valence electrons. The van der Waals surface area contributed by atoms with E-state index in [0.717, 1.165) is 35.4 Å². The lowest BCUT2D eigenvalue weighted by Crippen LogP contribution is -2.32. The average molecular weight is 389 g/mol. The fourth-order valence-electron chi connectivity index (χ4n) is 2.54. The van der Waals surface area contributed by atoms with Gasteiger partial charge in [-0.2, -0.15) is 0 Å². The summed E-state index contributed by atoms with van der Waals surface area (Å²) in [5, 5.41) is 7.44. The van der Waals surface area contributed by atoms with E-state index >= 15 is 0 Å². The van der Waals surface area contributed by atoms with Crippen LogP contribution in [0, 0.1) is 6.92 Å². The minimum absolute atomic E-state index is 0.0211. The van der Waals surface area contributed by atoms with Gasteiger partial charge in [-0.05, 0) is 43.9 Å². The number of rotatable bonds is 9. The van der Waals surface area contributed by atoms with E-state index in [1.807, 2.05) is 31.2 Å². The molecule has 1 saturated carbocycles. The van der Waals surface area contributed by atoms with Crippen LogP contribution in [0.25, 0.3) is 0 Å². The number of ether oxygens (including phenoxy) is 1. The topological polar surface area (TPSA) is 89.4 Å². The molecule has 1 aromatic carbocycles. The lowest BCUT2D eigenvalue weighted by Gasteiger charge is -2.09. The Kier molecular flexibility index (Phi) is 6.28. The van der Waals surface area contributed by atoms with Gasteiger partial charge in [0.1, 0.15) is 12.3 Å². The van der Waals surface area contributed by atoms with Crippen molar-refractivity contribution in [3.05, 3.63) is 50.6 Å². The molecule has 2 amide bonds. The van der Waals surface area contributed by atoms with E-state index in [-0.39, 0.29) is 29.8 Å². The van der Waals surface area contributed by atoms with Crippen molar-refractivity contribution in [2.24, 2.45) is 0 Å². The van der Waals surface area contributed by atoms with Crippen LogP contribution in [-0.2, 0) is 22.6 Å². The summed E-state index contributed by atoms with van der Waals surface area (Å²) in [6, 6.07) is 7.79. The Morgan fingerprint density at radius 2 is 1.96 bits per heavy atom. The van der Waals surface area contributed by atoms with Crippen molar-refractivity contribution in [1.29, 1.82) is 0 Å². The maximum absolute atomic E-state index is 12.0. The maximum Gasteiger partial charge on any atom is 0.307 e. The number of thiazole rings is 1. The van der Waals surface area contributed by atoms with Crippen molar-refractivity contribution in [3.63, 3.8) is 0 Å². The summed E-state index contributed by atoms with van der Waals surface area (Å²) in [6.07, 6.45) is 2.78. The molecule has 0 aliphatic heterocycles. The van der Waals surface area contributed by atoms with Crippen LogP contribution in [0.4, 0.5) is 0 Å². The van der Waals surface area contributed by atoms with Gasteiger partial charge >= 0.3 is 4.87 Å². The van der Waals surface area contributed by atoms with E-state index in [0.29, 0.717) is 24.8 Å². The van der Waals surface area contributed by atoms with Crippen molar-refractivity contribution >= 4 is 23.2 Å². The second-order valence-corrected chi connectivity index (χ2v) is 7.42. The summed E-state index contributed by atoms with van der Waals surface area (Å²) in [7, 11) is 0. The van der Waals surface area contributed by atoms with Crippen LogP contribution in [0.1, 0.15) is 24.1 Å². The number of aryl methyl sites for hydroxylation is 1. The summed E-state index contributed by atoms with van der Waals surface area (Å²) in [6.45, 7) is 2.36. The first-order chi connectivity index (χ1) is 13.0. The lowest BCUT2D eigenvalue weighted by molar-refractivity contribution is -0.123. The van der Waals surface area contributed by atoms with E-state index in [2.05, 4.69) is 10.6 Å². The third-order valence-corrected chi connectivity index (χ3v) is 5.13. The van der Waals surface area contributed by atoms with Gasteiger partial charge in [0.25, 0.3) is 5.91 Å². The molecule has 1 aromatic heterocycles. The van der Waals surface area contributed by atoms with Crippen molar-refractivity contribution in [3.8, 4) is 5.75 Å². The molecule has 0 atom stereocenters. The van der Waals surface area contributed by atoms with Gasteiger partial charge in [-0.1, -0.05) is 23.5 Å². The molecule has 0 spiro atoms. The molecule has 2 aromatic rings. The highest BCUT2D eigenvalue weighted by Crippen LogP contribution is 2.18. The Bertz CT molecular complexity index is 853. The zero-order valence-corrected chi connectivity index (χ0v) is 16.0. The van der Waals surface area contributed by atoms with Gasteiger partial charge in [0.05, 0.1) is 0 Å². The third-order valence-electron chi connectivity index (χ3n) is 4.25. The molecule has 3 rings (SSSR count). The van der Waals surface area contributed by atoms with Gasteiger partial charge in [-0.3, -0.25) is 19.0 Å². The number of nitrogens with zero attached hydrogens (tertiary/aromatic N) is 1. The number of carbonyl (C=O) groups is 2. The van der Waals surface area contributed by atoms with Crippen molar-refractivity contribution < 1.29 is 14.3 Å². The monoisotopic (exact) mass is 389 g/mol. The molecule has 27 heavy (non-hydrogen) atoms. The molecular formula is C19H23N3O4S. The van der Waals surface area contributed by atoms with Crippen LogP contribution in [0.5, 0.6) is 5.75 Å². The Hall–Kier alpha value is -2.61. The van der Waals surface area contributed by atoms with Crippen LogP contribution in [0.3, 0.4) is 0 Å². The molecule has 7 nitrogen and oxygen atoms in total. The van der Waals surface area contributed by atoms with Gasteiger partial charge in [0.2, 0.25) is 5.91 Å². The molecule has 0 radical (unpaired) electrons. The quantitative estimate of drug-likeness (QED) is 0.675. The Morgan fingerprint density at radius 1 is 1.22 bits per heavy atom. The minimum Gasteiger partial charge on any atom is -0.484 e. The second kappa shape index (κ2) is 8.85. The maximum atomic E-state index is 12.0. The average Bonchev–Trinajstić information content (AvgIpc) is 3.41. The Labute approximate surface area is 161 Å². The van der Waals surface area contributed by atoms with Gasteiger partial charge in [0.15, 0.2) is 6.61 Å². The number of benzene rings is 1. The first kappa shape index (κ1) is 19.2. The zero-order valence-electron chi connectivity index (χ0n) is 15.2. The minimum atomic E-state index is -0.180. The molecule has 0 unspecified atom stereocenters. The van der Waals surface area contributed by atoms with Crippen LogP contribution < -0.4 is 20.2 Å². The zero-order chi connectivity index (χ0) is 19.2. The second-order valence-electron chi connectivity index (χ2n) is 6.60.